The maximum absolute atomic E-state index is 13.3. The number of hydrogen-bond donors (Lipinski definition) is 0. The van der Waals surface area contributed by atoms with E-state index in [4.69, 9.17) is 14.2 Å². The van der Waals surface area contributed by atoms with Gasteiger partial charge in [-0.1, -0.05) is 6.07 Å². The monoisotopic (exact) mass is 419 g/mol. The van der Waals surface area contributed by atoms with Crippen molar-refractivity contribution in [2.75, 3.05) is 33.9 Å². The topological polar surface area (TPSA) is 73.8 Å². The van der Waals surface area contributed by atoms with Gasteiger partial charge in [0.15, 0.2) is 11.5 Å². The molecule has 5 rings (SSSR count). The van der Waals surface area contributed by atoms with E-state index in [1.807, 2.05) is 29.2 Å². The second kappa shape index (κ2) is 7.81. The first-order chi connectivity index (χ1) is 15.1. The average molecular weight is 419 g/mol. The van der Waals surface area contributed by atoms with Crippen LogP contribution in [0, 0.1) is 0 Å². The summed E-state index contributed by atoms with van der Waals surface area (Å²) in [6, 6.07) is 9.66. The van der Waals surface area contributed by atoms with Gasteiger partial charge in [-0.15, -0.1) is 0 Å². The zero-order valence-electron chi connectivity index (χ0n) is 17.8. The number of piperidine rings is 1. The predicted molar refractivity (Wildman–Crippen MR) is 116 cm³/mol. The van der Waals surface area contributed by atoms with Crippen LogP contribution in [-0.4, -0.2) is 54.7 Å². The van der Waals surface area contributed by atoms with Crippen LogP contribution in [0.4, 0.5) is 0 Å². The lowest BCUT2D eigenvalue weighted by molar-refractivity contribution is -0.0936. The summed E-state index contributed by atoms with van der Waals surface area (Å²) in [4.78, 5) is 23.9. The van der Waals surface area contributed by atoms with E-state index < -0.39 is 5.60 Å². The quantitative estimate of drug-likeness (QED) is 0.648. The first-order valence-electron chi connectivity index (χ1n) is 10.5. The molecule has 7 heteroatoms. The van der Waals surface area contributed by atoms with Crippen LogP contribution >= 0.6 is 0 Å². The Balaban J connectivity index is 1.41. The van der Waals surface area contributed by atoms with E-state index >= 15 is 0 Å². The first-order valence-corrected chi connectivity index (χ1v) is 10.5. The summed E-state index contributed by atoms with van der Waals surface area (Å²) >= 11 is 0. The van der Waals surface area contributed by atoms with Gasteiger partial charge in [-0.3, -0.25) is 14.8 Å². The maximum atomic E-state index is 13.3. The van der Waals surface area contributed by atoms with Crippen molar-refractivity contribution >= 4 is 16.9 Å². The second-order valence-corrected chi connectivity index (χ2v) is 7.98. The third kappa shape index (κ3) is 3.29. The number of fused-ring (bicyclic) bond motifs is 3. The van der Waals surface area contributed by atoms with Crippen LogP contribution in [0.2, 0.25) is 0 Å². The van der Waals surface area contributed by atoms with E-state index in [-0.39, 0.29) is 5.91 Å². The number of nitrogens with zero attached hydrogens (tertiary/aromatic N) is 3. The zero-order chi connectivity index (χ0) is 21.4. The molecule has 0 saturated carbocycles. The number of rotatable bonds is 3. The Morgan fingerprint density at radius 3 is 2.58 bits per heavy atom. The Morgan fingerprint density at radius 2 is 1.81 bits per heavy atom. The van der Waals surface area contributed by atoms with Crippen LogP contribution in [-0.2, 0) is 16.8 Å². The number of amides is 1. The van der Waals surface area contributed by atoms with E-state index in [0.717, 1.165) is 36.1 Å². The number of benzene rings is 2. The van der Waals surface area contributed by atoms with E-state index in [1.54, 1.807) is 26.6 Å². The van der Waals surface area contributed by atoms with Gasteiger partial charge >= 0.3 is 0 Å². The van der Waals surface area contributed by atoms with Crippen molar-refractivity contribution in [3.05, 3.63) is 59.4 Å². The number of aromatic nitrogens is 2. The highest BCUT2D eigenvalue weighted by molar-refractivity contribution is 6.04. The van der Waals surface area contributed by atoms with Crippen molar-refractivity contribution < 1.29 is 19.0 Å². The average Bonchev–Trinajstić information content (AvgIpc) is 2.83. The summed E-state index contributed by atoms with van der Waals surface area (Å²) in [6.07, 6.45) is 5.57. The molecule has 31 heavy (non-hydrogen) atoms. The molecule has 0 radical (unpaired) electrons. The van der Waals surface area contributed by atoms with E-state index in [1.165, 1.54) is 5.56 Å². The van der Waals surface area contributed by atoms with Crippen molar-refractivity contribution in [1.82, 2.24) is 14.9 Å². The Morgan fingerprint density at radius 1 is 1.06 bits per heavy atom. The highest BCUT2D eigenvalue weighted by Crippen LogP contribution is 2.45. The number of methoxy groups -OCH3 is 2. The Kier molecular flexibility index (Phi) is 4.98. The molecule has 0 N–H and O–H groups in total. The molecular weight excluding hydrogens is 394 g/mol. The minimum absolute atomic E-state index is 0.00991. The molecule has 0 bridgehead atoms. The van der Waals surface area contributed by atoms with Crippen molar-refractivity contribution in [2.45, 2.75) is 24.9 Å². The van der Waals surface area contributed by atoms with Crippen molar-refractivity contribution in [1.29, 1.82) is 0 Å². The first kappa shape index (κ1) is 19.8. The van der Waals surface area contributed by atoms with E-state index in [2.05, 4.69) is 16.0 Å². The van der Waals surface area contributed by atoms with Crippen LogP contribution in [0.5, 0.6) is 11.5 Å². The predicted octanol–water partition coefficient (Wildman–Crippen LogP) is 3.35. The molecule has 160 valence electrons. The smallest absolute Gasteiger partial charge is 0.256 e. The van der Waals surface area contributed by atoms with Crippen LogP contribution in [0.3, 0.4) is 0 Å². The summed E-state index contributed by atoms with van der Waals surface area (Å²) < 4.78 is 17.4. The lowest BCUT2D eigenvalue weighted by atomic mass is 9.79. The fourth-order valence-corrected chi connectivity index (χ4v) is 4.81. The molecule has 3 heterocycles. The molecule has 1 spiro atoms. The van der Waals surface area contributed by atoms with Gasteiger partial charge in [0, 0.05) is 25.5 Å². The van der Waals surface area contributed by atoms with Gasteiger partial charge in [-0.05, 0) is 54.7 Å². The SMILES string of the molecule is COc1cc2c(cc1OC)C1(CCN(C(=O)c3cccc4nccnc34)CC1)OCC2. The molecule has 0 aliphatic carbocycles. The van der Waals surface area contributed by atoms with Gasteiger partial charge in [0.2, 0.25) is 0 Å². The van der Waals surface area contributed by atoms with Crippen molar-refractivity contribution in [3.8, 4) is 11.5 Å². The number of carbonyl (C=O) groups is 1. The molecule has 3 aromatic rings. The van der Waals surface area contributed by atoms with Crippen LogP contribution in [0.25, 0.3) is 11.0 Å². The third-order valence-electron chi connectivity index (χ3n) is 6.44. The molecule has 2 aromatic carbocycles. The van der Waals surface area contributed by atoms with Crippen LogP contribution in [0.15, 0.2) is 42.7 Å². The lowest BCUT2D eigenvalue weighted by Crippen LogP contribution is -2.48. The van der Waals surface area contributed by atoms with E-state index in [0.29, 0.717) is 36.5 Å². The molecule has 7 nitrogen and oxygen atoms in total. The third-order valence-corrected chi connectivity index (χ3v) is 6.44. The second-order valence-electron chi connectivity index (χ2n) is 7.98. The van der Waals surface area contributed by atoms with Crippen molar-refractivity contribution in [3.63, 3.8) is 0 Å². The normalized spacial score (nSPS) is 17.4. The lowest BCUT2D eigenvalue weighted by Gasteiger charge is -2.45. The Labute approximate surface area is 181 Å². The molecule has 2 aliphatic heterocycles. The summed E-state index contributed by atoms with van der Waals surface area (Å²) in [5.74, 6) is 1.44. The van der Waals surface area contributed by atoms with Crippen LogP contribution in [0.1, 0.15) is 34.3 Å². The number of para-hydroxylation sites is 1. The van der Waals surface area contributed by atoms with Crippen LogP contribution < -0.4 is 9.47 Å². The minimum Gasteiger partial charge on any atom is -0.493 e. The molecule has 2 aliphatic rings. The largest absolute Gasteiger partial charge is 0.493 e. The van der Waals surface area contributed by atoms with Gasteiger partial charge < -0.3 is 19.1 Å². The van der Waals surface area contributed by atoms with Gasteiger partial charge in [0.25, 0.3) is 5.91 Å². The fraction of sp³-hybridized carbons (Fsp3) is 0.375. The number of likely N-dealkylation sites (tertiary alicyclic amines) is 1. The van der Waals surface area contributed by atoms with E-state index in [9.17, 15) is 4.79 Å². The molecule has 0 atom stereocenters. The zero-order valence-corrected chi connectivity index (χ0v) is 17.8. The van der Waals surface area contributed by atoms with Gasteiger partial charge in [-0.25, -0.2) is 0 Å². The fourth-order valence-electron chi connectivity index (χ4n) is 4.81. The Hall–Kier alpha value is -3.19. The number of hydrogen-bond acceptors (Lipinski definition) is 6. The maximum Gasteiger partial charge on any atom is 0.256 e. The highest BCUT2D eigenvalue weighted by Gasteiger charge is 2.42. The highest BCUT2D eigenvalue weighted by atomic mass is 16.5. The summed E-state index contributed by atoms with van der Waals surface area (Å²) in [7, 11) is 3.30. The summed E-state index contributed by atoms with van der Waals surface area (Å²) in [5.41, 5.74) is 3.95. The van der Waals surface area contributed by atoms with Gasteiger partial charge in [0.05, 0.1) is 37.5 Å². The van der Waals surface area contributed by atoms with Gasteiger partial charge in [0.1, 0.15) is 5.52 Å². The van der Waals surface area contributed by atoms with Crippen molar-refractivity contribution in [2.24, 2.45) is 0 Å². The molecular formula is C24H25N3O4. The van der Waals surface area contributed by atoms with Gasteiger partial charge in [-0.2, -0.15) is 0 Å². The molecule has 1 saturated heterocycles. The minimum atomic E-state index is -0.400. The summed E-state index contributed by atoms with van der Waals surface area (Å²) in [6.45, 7) is 1.89. The number of carbonyl (C=O) groups excluding carboxylic acids is 1. The number of ether oxygens (including phenoxy) is 3. The molecule has 1 fully saturated rings. The summed E-state index contributed by atoms with van der Waals surface area (Å²) in [5, 5.41) is 0. The molecule has 1 amide bonds. The molecule has 1 aromatic heterocycles. The Bertz CT molecular complexity index is 1130. The standard InChI is InChI=1S/C24H25N3O4/c1-29-20-14-16-6-13-31-24(18(16)15-21(20)30-2)7-11-27(12-8-24)23(28)17-4-3-5-19-22(17)26-10-9-25-19/h3-5,9-10,14-15H,6-8,11-13H2,1-2H3. The molecule has 0 unspecified atom stereocenters.